The van der Waals surface area contributed by atoms with Crippen molar-refractivity contribution in [2.45, 2.75) is 11.3 Å². The minimum absolute atomic E-state index is 0.00667. The maximum Gasteiger partial charge on any atom is 0.337 e. The van der Waals surface area contributed by atoms with Crippen molar-refractivity contribution in [1.82, 2.24) is 4.31 Å². The van der Waals surface area contributed by atoms with E-state index in [9.17, 15) is 13.2 Å². The van der Waals surface area contributed by atoms with Crippen LogP contribution in [0.15, 0.2) is 17.0 Å². The van der Waals surface area contributed by atoms with Crippen molar-refractivity contribution >= 4 is 39.2 Å². The number of halogens is 2. The molecule has 9 heteroatoms. The van der Waals surface area contributed by atoms with Crippen LogP contribution in [0.3, 0.4) is 0 Å². The Hall–Kier alpha value is -1.33. The molecule has 1 rings (SSSR count). The fourth-order valence-corrected chi connectivity index (χ4v) is 3.38. The number of carboxylic acids is 1. The van der Waals surface area contributed by atoms with Gasteiger partial charge in [-0.1, -0.05) is 23.2 Å². The Bertz CT molecular complexity index is 682. The Morgan fingerprint density at radius 3 is 2.50 bits per heavy atom. The number of sulfonamides is 1. The molecule has 1 N–H and O–H groups in total. The van der Waals surface area contributed by atoms with Gasteiger partial charge in [-0.2, -0.15) is 9.57 Å². The lowest BCUT2D eigenvalue weighted by molar-refractivity contribution is 0.0697. The van der Waals surface area contributed by atoms with Gasteiger partial charge in [-0.25, -0.2) is 13.2 Å². The Kier molecular flexibility index (Phi) is 5.36. The Morgan fingerprint density at radius 1 is 1.40 bits per heavy atom. The van der Waals surface area contributed by atoms with Crippen LogP contribution in [-0.2, 0) is 10.0 Å². The summed E-state index contributed by atoms with van der Waals surface area (Å²) in [6, 6.07) is 3.80. The zero-order valence-electron chi connectivity index (χ0n) is 10.3. The highest BCUT2D eigenvalue weighted by molar-refractivity contribution is 7.89. The molecule has 1 aromatic rings. The predicted octanol–water partition coefficient (Wildman–Crippen LogP) is 2.23. The van der Waals surface area contributed by atoms with Crippen molar-refractivity contribution in [3.8, 4) is 6.07 Å². The van der Waals surface area contributed by atoms with E-state index in [4.69, 9.17) is 33.6 Å². The van der Waals surface area contributed by atoms with Crippen LogP contribution < -0.4 is 0 Å². The summed E-state index contributed by atoms with van der Waals surface area (Å²) in [5, 5.41) is 17.1. The van der Waals surface area contributed by atoms with Crippen molar-refractivity contribution in [2.75, 3.05) is 13.6 Å². The lowest BCUT2D eigenvalue weighted by Crippen LogP contribution is -2.28. The topological polar surface area (TPSA) is 98.5 Å². The van der Waals surface area contributed by atoms with Gasteiger partial charge in [0.15, 0.2) is 0 Å². The molecule has 0 heterocycles. The second-order valence-electron chi connectivity index (χ2n) is 3.80. The molecule has 0 saturated heterocycles. The van der Waals surface area contributed by atoms with Gasteiger partial charge in [0.05, 0.1) is 21.7 Å². The van der Waals surface area contributed by atoms with Crippen LogP contribution in [0, 0.1) is 11.3 Å². The molecule has 108 valence electrons. The molecular weight excluding hydrogens is 327 g/mol. The van der Waals surface area contributed by atoms with E-state index in [1.807, 2.05) is 6.07 Å². The number of aromatic carboxylic acids is 1. The summed E-state index contributed by atoms with van der Waals surface area (Å²) in [5.41, 5.74) is -0.358. The Morgan fingerprint density at radius 2 is 2.00 bits per heavy atom. The average molecular weight is 337 g/mol. The summed E-state index contributed by atoms with van der Waals surface area (Å²) >= 11 is 11.5. The van der Waals surface area contributed by atoms with Gasteiger partial charge in [0.25, 0.3) is 0 Å². The first-order valence-corrected chi connectivity index (χ1v) is 7.47. The Balaban J connectivity index is 3.35. The molecule has 0 spiro atoms. The van der Waals surface area contributed by atoms with Crippen molar-refractivity contribution in [3.63, 3.8) is 0 Å². The molecule has 6 nitrogen and oxygen atoms in total. The summed E-state index contributed by atoms with van der Waals surface area (Å²) in [6.45, 7) is -0.0276. The second kappa shape index (κ2) is 6.41. The highest BCUT2D eigenvalue weighted by Crippen LogP contribution is 2.30. The number of benzene rings is 1. The first kappa shape index (κ1) is 16.7. The average Bonchev–Trinajstić information content (AvgIpc) is 2.34. The van der Waals surface area contributed by atoms with E-state index in [0.717, 1.165) is 16.4 Å². The zero-order chi connectivity index (χ0) is 15.5. The third kappa shape index (κ3) is 3.41. The quantitative estimate of drug-likeness (QED) is 0.888. The third-order valence-electron chi connectivity index (χ3n) is 2.48. The summed E-state index contributed by atoms with van der Waals surface area (Å²) < 4.78 is 25.4. The molecule has 20 heavy (non-hydrogen) atoms. The molecule has 0 aliphatic heterocycles. The number of hydrogen-bond donors (Lipinski definition) is 1. The van der Waals surface area contributed by atoms with Crippen LogP contribution in [0.1, 0.15) is 16.8 Å². The molecule has 0 aromatic heterocycles. The molecule has 0 radical (unpaired) electrons. The second-order valence-corrected chi connectivity index (χ2v) is 6.63. The van der Waals surface area contributed by atoms with Crippen LogP contribution in [0.5, 0.6) is 0 Å². The normalized spacial score (nSPS) is 11.3. The molecule has 1 aromatic carbocycles. The third-order valence-corrected chi connectivity index (χ3v) is 5.11. The van der Waals surface area contributed by atoms with Gasteiger partial charge < -0.3 is 5.11 Å². The maximum atomic E-state index is 12.2. The molecule has 0 saturated carbocycles. The van der Waals surface area contributed by atoms with Crippen molar-refractivity contribution in [1.29, 1.82) is 5.26 Å². The highest BCUT2D eigenvalue weighted by Gasteiger charge is 2.26. The smallest absolute Gasteiger partial charge is 0.337 e. The monoisotopic (exact) mass is 336 g/mol. The van der Waals surface area contributed by atoms with Crippen molar-refractivity contribution in [2.24, 2.45) is 0 Å². The molecule has 0 unspecified atom stereocenters. The van der Waals surface area contributed by atoms with E-state index >= 15 is 0 Å². The minimum atomic E-state index is -3.99. The lowest BCUT2D eigenvalue weighted by Gasteiger charge is -2.17. The van der Waals surface area contributed by atoms with Crippen molar-refractivity contribution in [3.05, 3.63) is 27.7 Å². The summed E-state index contributed by atoms with van der Waals surface area (Å²) in [7, 11) is -2.71. The van der Waals surface area contributed by atoms with Crippen LogP contribution in [0.4, 0.5) is 0 Å². The molecular formula is C11H10Cl2N2O4S. The molecule has 0 aliphatic carbocycles. The molecule has 0 amide bonds. The van der Waals surface area contributed by atoms with Gasteiger partial charge in [0, 0.05) is 20.0 Å². The van der Waals surface area contributed by atoms with Gasteiger partial charge in [-0.05, 0) is 12.1 Å². The standard InChI is InChI=1S/C11H10Cl2N2O4S/c1-15(4-2-3-14)20(18,19)10-5-7(11(16)17)8(12)6-9(10)13/h5-6H,2,4H2,1H3,(H,16,17). The highest BCUT2D eigenvalue weighted by atomic mass is 35.5. The van der Waals surface area contributed by atoms with E-state index in [-0.39, 0.29) is 33.5 Å². The van der Waals surface area contributed by atoms with E-state index in [2.05, 4.69) is 0 Å². The summed E-state index contributed by atoms with van der Waals surface area (Å²) in [6.07, 6.45) is 0.00667. The van der Waals surface area contributed by atoms with Gasteiger partial charge in [0.2, 0.25) is 10.0 Å². The lowest BCUT2D eigenvalue weighted by atomic mass is 10.2. The fraction of sp³-hybridized carbons (Fsp3) is 0.273. The predicted molar refractivity (Wildman–Crippen MR) is 73.5 cm³/mol. The number of nitriles is 1. The van der Waals surface area contributed by atoms with Gasteiger partial charge in [-0.3, -0.25) is 0 Å². The number of carboxylic acid groups (broad SMARTS) is 1. The van der Waals surface area contributed by atoms with Crippen LogP contribution >= 0.6 is 23.2 Å². The SMILES string of the molecule is CN(CCC#N)S(=O)(=O)c1cc(C(=O)O)c(Cl)cc1Cl. The first-order chi connectivity index (χ1) is 9.21. The Labute approximate surface area is 126 Å². The number of hydrogen-bond acceptors (Lipinski definition) is 4. The van der Waals surface area contributed by atoms with E-state index in [1.165, 1.54) is 7.05 Å². The molecule has 0 bridgehead atoms. The summed E-state index contributed by atoms with van der Waals surface area (Å²) in [4.78, 5) is 10.6. The molecule has 0 fully saturated rings. The zero-order valence-corrected chi connectivity index (χ0v) is 12.6. The minimum Gasteiger partial charge on any atom is -0.478 e. The maximum absolute atomic E-state index is 12.2. The summed E-state index contributed by atoms with van der Waals surface area (Å²) in [5.74, 6) is -1.36. The number of carbonyl (C=O) groups is 1. The molecule has 0 aliphatic rings. The number of rotatable bonds is 5. The van der Waals surface area contributed by atoms with E-state index in [0.29, 0.717) is 0 Å². The van der Waals surface area contributed by atoms with Crippen LogP contribution in [0.25, 0.3) is 0 Å². The van der Waals surface area contributed by atoms with E-state index < -0.39 is 16.0 Å². The van der Waals surface area contributed by atoms with Gasteiger partial charge >= 0.3 is 5.97 Å². The number of nitrogens with zero attached hydrogens (tertiary/aromatic N) is 2. The van der Waals surface area contributed by atoms with E-state index in [1.54, 1.807) is 0 Å². The van der Waals surface area contributed by atoms with Gasteiger partial charge in [-0.15, -0.1) is 0 Å². The fourth-order valence-electron chi connectivity index (χ4n) is 1.39. The van der Waals surface area contributed by atoms with Crippen LogP contribution in [0.2, 0.25) is 10.0 Å². The van der Waals surface area contributed by atoms with Crippen LogP contribution in [-0.4, -0.2) is 37.4 Å². The van der Waals surface area contributed by atoms with Gasteiger partial charge in [0.1, 0.15) is 4.90 Å². The molecule has 0 atom stereocenters. The van der Waals surface area contributed by atoms with Crippen molar-refractivity contribution < 1.29 is 18.3 Å². The first-order valence-electron chi connectivity index (χ1n) is 5.27. The largest absolute Gasteiger partial charge is 0.478 e.